The Labute approximate surface area is 165 Å². The maximum atomic E-state index is 11.5. The SMILES string of the molecule is NNc1ncnc2c1c(-c1ccc(Cl)cc1)cn2-c1ccc(S(N)(=O)=O)cc1. The molecule has 0 fully saturated rings. The molecule has 0 aliphatic heterocycles. The molecule has 8 nitrogen and oxygen atoms in total. The second-order valence-electron chi connectivity index (χ2n) is 6.02. The number of nitrogens with zero attached hydrogens (tertiary/aromatic N) is 3. The number of nitrogens with two attached hydrogens (primary N) is 2. The normalized spacial score (nSPS) is 11.7. The van der Waals surface area contributed by atoms with Gasteiger partial charge in [-0.25, -0.2) is 29.4 Å². The van der Waals surface area contributed by atoms with Gasteiger partial charge in [-0.1, -0.05) is 23.7 Å². The standard InChI is InChI=1S/C18H15ClN6O2S/c19-12-3-1-11(2-4-12)15-9-25(18-16(15)17(24-20)22-10-23-18)13-5-7-14(8-6-13)28(21,26)27/h1-10H,20H2,(H2,21,26,27)(H,22,23,24). The Hall–Kier alpha value is -2.98. The van der Waals surface area contributed by atoms with E-state index >= 15 is 0 Å². The number of hydrogen-bond acceptors (Lipinski definition) is 6. The third kappa shape index (κ3) is 3.20. The van der Waals surface area contributed by atoms with Gasteiger partial charge in [0.15, 0.2) is 11.5 Å². The lowest BCUT2D eigenvalue weighted by Gasteiger charge is -2.06. The van der Waals surface area contributed by atoms with Crippen molar-refractivity contribution in [2.45, 2.75) is 4.90 Å². The molecule has 4 rings (SSSR count). The Balaban J connectivity index is 1.96. The van der Waals surface area contributed by atoms with Crippen molar-refractivity contribution in [1.29, 1.82) is 0 Å². The molecule has 5 N–H and O–H groups in total. The number of fused-ring (bicyclic) bond motifs is 1. The Morgan fingerprint density at radius 3 is 2.29 bits per heavy atom. The van der Waals surface area contributed by atoms with Crippen molar-refractivity contribution in [2.24, 2.45) is 11.0 Å². The molecule has 2 aromatic heterocycles. The molecule has 2 heterocycles. The van der Waals surface area contributed by atoms with E-state index in [1.54, 1.807) is 24.3 Å². The second kappa shape index (κ2) is 6.88. The van der Waals surface area contributed by atoms with Crippen LogP contribution >= 0.6 is 11.6 Å². The van der Waals surface area contributed by atoms with Gasteiger partial charge >= 0.3 is 0 Å². The summed E-state index contributed by atoms with van der Waals surface area (Å²) < 4.78 is 24.8. The van der Waals surface area contributed by atoms with Gasteiger partial charge in [0.05, 0.1) is 10.3 Å². The van der Waals surface area contributed by atoms with Crippen LogP contribution in [-0.4, -0.2) is 23.0 Å². The van der Waals surface area contributed by atoms with E-state index in [1.807, 2.05) is 22.9 Å². The molecular formula is C18H15ClN6O2S. The fraction of sp³-hybridized carbons (Fsp3) is 0. The van der Waals surface area contributed by atoms with Crippen molar-refractivity contribution in [1.82, 2.24) is 14.5 Å². The van der Waals surface area contributed by atoms with Crippen LogP contribution in [0.5, 0.6) is 0 Å². The van der Waals surface area contributed by atoms with Crippen LogP contribution in [0.1, 0.15) is 0 Å². The monoisotopic (exact) mass is 414 g/mol. The summed E-state index contributed by atoms with van der Waals surface area (Å²) in [7, 11) is -3.77. The van der Waals surface area contributed by atoms with Crippen molar-refractivity contribution >= 4 is 38.5 Å². The smallest absolute Gasteiger partial charge is 0.238 e. The first kappa shape index (κ1) is 18.4. The average Bonchev–Trinajstić information content (AvgIpc) is 3.08. The molecule has 0 saturated carbocycles. The Morgan fingerprint density at radius 2 is 1.68 bits per heavy atom. The van der Waals surface area contributed by atoms with Crippen molar-refractivity contribution < 1.29 is 8.42 Å². The summed E-state index contributed by atoms with van der Waals surface area (Å²) in [5.41, 5.74) is 5.66. The van der Waals surface area contributed by atoms with Crippen LogP contribution in [0.2, 0.25) is 5.02 Å². The number of anilines is 1. The number of hydrogen-bond donors (Lipinski definition) is 3. The largest absolute Gasteiger partial charge is 0.308 e. The lowest BCUT2D eigenvalue weighted by Crippen LogP contribution is -2.12. The van der Waals surface area contributed by atoms with E-state index in [-0.39, 0.29) is 4.90 Å². The number of primary sulfonamides is 1. The first-order valence-corrected chi connectivity index (χ1v) is 10.0. The van der Waals surface area contributed by atoms with Crippen LogP contribution in [0.4, 0.5) is 5.82 Å². The molecule has 0 amide bonds. The van der Waals surface area contributed by atoms with Crippen molar-refractivity contribution in [2.75, 3.05) is 5.43 Å². The molecule has 0 saturated heterocycles. The van der Waals surface area contributed by atoms with E-state index in [0.717, 1.165) is 16.5 Å². The molecule has 0 aliphatic carbocycles. The highest BCUT2D eigenvalue weighted by molar-refractivity contribution is 7.89. The van der Waals surface area contributed by atoms with E-state index in [1.165, 1.54) is 18.5 Å². The van der Waals surface area contributed by atoms with Crippen molar-refractivity contribution in [3.8, 4) is 16.8 Å². The number of nitrogen functional groups attached to an aromatic ring is 1. The average molecular weight is 415 g/mol. The molecule has 0 spiro atoms. The van der Waals surface area contributed by atoms with Gasteiger partial charge in [-0.2, -0.15) is 0 Å². The molecule has 10 heteroatoms. The zero-order valence-corrected chi connectivity index (χ0v) is 15.9. The summed E-state index contributed by atoms with van der Waals surface area (Å²) in [6.07, 6.45) is 3.29. The molecule has 0 bridgehead atoms. The number of benzene rings is 2. The minimum Gasteiger partial charge on any atom is -0.308 e. The zero-order chi connectivity index (χ0) is 19.9. The molecule has 4 aromatic rings. The van der Waals surface area contributed by atoms with Gasteiger partial charge in [0.25, 0.3) is 0 Å². The van der Waals surface area contributed by atoms with Crippen LogP contribution in [0, 0.1) is 0 Å². The minimum atomic E-state index is -3.77. The summed E-state index contributed by atoms with van der Waals surface area (Å²) in [6.45, 7) is 0. The van der Waals surface area contributed by atoms with Gasteiger partial charge in [-0.3, -0.25) is 0 Å². The van der Waals surface area contributed by atoms with E-state index in [4.69, 9.17) is 22.6 Å². The lowest BCUT2D eigenvalue weighted by molar-refractivity contribution is 0.598. The molecule has 142 valence electrons. The first-order valence-electron chi connectivity index (χ1n) is 8.10. The molecule has 2 aromatic carbocycles. The van der Waals surface area contributed by atoms with Crippen LogP contribution in [0.25, 0.3) is 27.8 Å². The van der Waals surface area contributed by atoms with Crippen LogP contribution < -0.4 is 16.4 Å². The van der Waals surface area contributed by atoms with Gasteiger partial charge in [0.2, 0.25) is 10.0 Å². The van der Waals surface area contributed by atoms with Gasteiger partial charge in [0.1, 0.15) is 6.33 Å². The number of sulfonamides is 1. The van der Waals surface area contributed by atoms with E-state index in [9.17, 15) is 8.42 Å². The maximum absolute atomic E-state index is 11.5. The van der Waals surface area contributed by atoms with Gasteiger partial charge in [-0.05, 0) is 42.0 Å². The molecular weight excluding hydrogens is 400 g/mol. The van der Waals surface area contributed by atoms with E-state index in [0.29, 0.717) is 22.2 Å². The van der Waals surface area contributed by atoms with Crippen LogP contribution in [0.15, 0.2) is 66.0 Å². The number of aromatic nitrogens is 3. The number of nitrogens with one attached hydrogen (secondary N) is 1. The molecule has 28 heavy (non-hydrogen) atoms. The summed E-state index contributed by atoms with van der Waals surface area (Å²) in [4.78, 5) is 8.62. The summed E-state index contributed by atoms with van der Waals surface area (Å²) >= 11 is 6.01. The molecule has 0 aliphatic rings. The van der Waals surface area contributed by atoms with Crippen molar-refractivity contribution in [3.63, 3.8) is 0 Å². The predicted molar refractivity (Wildman–Crippen MR) is 108 cm³/mol. The highest BCUT2D eigenvalue weighted by atomic mass is 35.5. The fourth-order valence-corrected chi connectivity index (χ4v) is 3.65. The number of hydrazine groups is 1. The van der Waals surface area contributed by atoms with E-state index < -0.39 is 10.0 Å². The minimum absolute atomic E-state index is 0.0320. The first-order chi connectivity index (χ1) is 13.4. The quantitative estimate of drug-likeness (QED) is 0.348. The van der Waals surface area contributed by atoms with Crippen LogP contribution in [0.3, 0.4) is 0 Å². The summed E-state index contributed by atoms with van der Waals surface area (Å²) in [5, 5.41) is 6.53. The summed E-state index contributed by atoms with van der Waals surface area (Å²) in [5.74, 6) is 6.12. The van der Waals surface area contributed by atoms with Crippen LogP contribution in [-0.2, 0) is 10.0 Å². The van der Waals surface area contributed by atoms with Crippen molar-refractivity contribution in [3.05, 3.63) is 66.1 Å². The molecule has 0 atom stereocenters. The number of halogens is 1. The topological polar surface area (TPSA) is 129 Å². The molecule has 0 radical (unpaired) electrons. The Morgan fingerprint density at radius 1 is 1.00 bits per heavy atom. The highest BCUT2D eigenvalue weighted by Crippen LogP contribution is 2.35. The predicted octanol–water partition coefficient (Wildman–Crippen LogP) is 2.67. The van der Waals surface area contributed by atoms with E-state index in [2.05, 4.69) is 15.4 Å². The fourth-order valence-electron chi connectivity index (χ4n) is 3.01. The van der Waals surface area contributed by atoms with Gasteiger partial charge < -0.3 is 9.99 Å². The maximum Gasteiger partial charge on any atom is 0.238 e. The Kier molecular flexibility index (Phi) is 4.52. The van der Waals surface area contributed by atoms with Gasteiger partial charge in [-0.15, -0.1) is 0 Å². The molecule has 0 unspecified atom stereocenters. The lowest BCUT2D eigenvalue weighted by atomic mass is 10.1. The third-order valence-corrected chi connectivity index (χ3v) is 5.50. The highest BCUT2D eigenvalue weighted by Gasteiger charge is 2.17. The zero-order valence-electron chi connectivity index (χ0n) is 14.4. The third-order valence-electron chi connectivity index (χ3n) is 4.32. The number of rotatable bonds is 4. The summed E-state index contributed by atoms with van der Waals surface area (Å²) in [6, 6.07) is 13.6. The second-order valence-corrected chi connectivity index (χ2v) is 8.02. The Bertz CT molecular complexity index is 1270. The van der Waals surface area contributed by atoms with Gasteiger partial charge in [0, 0.05) is 22.5 Å².